The van der Waals surface area contributed by atoms with E-state index in [-0.39, 0.29) is 6.61 Å². The van der Waals surface area contributed by atoms with Crippen LogP contribution in [0.15, 0.2) is 18.2 Å². The predicted molar refractivity (Wildman–Crippen MR) is 76.2 cm³/mol. The third-order valence-corrected chi connectivity index (χ3v) is 2.75. The van der Waals surface area contributed by atoms with E-state index in [9.17, 15) is 5.11 Å². The molecule has 1 atom stereocenters. The summed E-state index contributed by atoms with van der Waals surface area (Å²) in [6, 6.07) is 5.34. The maximum absolute atomic E-state index is 9.56. The zero-order valence-corrected chi connectivity index (χ0v) is 12.6. The number of hydrogen-bond acceptors (Lipinski definition) is 5. The molecule has 1 aromatic carbocycles. The van der Waals surface area contributed by atoms with E-state index in [2.05, 4.69) is 0 Å². The van der Waals surface area contributed by atoms with Gasteiger partial charge in [-0.05, 0) is 38.5 Å². The SMILES string of the molecule is CCOC(COc1ccc(C(C)O)cc1OC)OCC. The van der Waals surface area contributed by atoms with Gasteiger partial charge in [0.25, 0.3) is 0 Å². The molecule has 20 heavy (non-hydrogen) atoms. The summed E-state index contributed by atoms with van der Waals surface area (Å²) in [6.07, 6.45) is -0.941. The first-order chi connectivity index (χ1) is 9.62. The minimum Gasteiger partial charge on any atom is -0.493 e. The molecule has 1 rings (SSSR count). The van der Waals surface area contributed by atoms with Gasteiger partial charge < -0.3 is 24.1 Å². The first-order valence-electron chi connectivity index (χ1n) is 6.84. The number of rotatable bonds is 9. The lowest BCUT2D eigenvalue weighted by Gasteiger charge is -2.19. The van der Waals surface area contributed by atoms with Crippen LogP contribution in [-0.4, -0.2) is 38.3 Å². The van der Waals surface area contributed by atoms with Gasteiger partial charge >= 0.3 is 0 Å². The lowest BCUT2D eigenvalue weighted by molar-refractivity contribution is -0.152. The molecule has 5 heteroatoms. The summed E-state index contributed by atoms with van der Waals surface area (Å²) in [5.74, 6) is 1.18. The van der Waals surface area contributed by atoms with Crippen molar-refractivity contribution in [1.82, 2.24) is 0 Å². The van der Waals surface area contributed by atoms with Gasteiger partial charge in [-0.25, -0.2) is 0 Å². The molecule has 0 amide bonds. The largest absolute Gasteiger partial charge is 0.493 e. The second-order valence-electron chi connectivity index (χ2n) is 4.24. The molecule has 0 saturated carbocycles. The molecule has 114 valence electrons. The summed E-state index contributed by atoms with van der Waals surface area (Å²) in [7, 11) is 1.57. The van der Waals surface area contributed by atoms with Crippen LogP contribution in [0.4, 0.5) is 0 Å². The van der Waals surface area contributed by atoms with Crippen LogP contribution in [0.3, 0.4) is 0 Å². The van der Waals surface area contributed by atoms with Gasteiger partial charge in [-0.3, -0.25) is 0 Å². The molecule has 0 bridgehead atoms. The van der Waals surface area contributed by atoms with Crippen LogP contribution in [0.5, 0.6) is 11.5 Å². The van der Waals surface area contributed by atoms with Crippen molar-refractivity contribution in [3.05, 3.63) is 23.8 Å². The van der Waals surface area contributed by atoms with Gasteiger partial charge in [-0.2, -0.15) is 0 Å². The Kier molecular flexibility index (Phi) is 7.36. The Morgan fingerprint density at radius 2 is 1.75 bits per heavy atom. The third kappa shape index (κ3) is 5.00. The molecule has 0 aliphatic heterocycles. The van der Waals surface area contributed by atoms with Gasteiger partial charge in [-0.15, -0.1) is 0 Å². The number of aliphatic hydroxyl groups is 1. The van der Waals surface area contributed by atoms with Crippen LogP contribution in [0, 0.1) is 0 Å². The van der Waals surface area contributed by atoms with Crippen molar-refractivity contribution in [3.8, 4) is 11.5 Å². The van der Waals surface area contributed by atoms with Crippen LogP contribution in [0.1, 0.15) is 32.4 Å². The fourth-order valence-electron chi connectivity index (χ4n) is 1.74. The first kappa shape index (κ1) is 16.8. The highest BCUT2D eigenvalue weighted by molar-refractivity contribution is 5.43. The molecule has 0 aromatic heterocycles. The highest BCUT2D eigenvalue weighted by Gasteiger charge is 2.13. The smallest absolute Gasteiger partial charge is 0.191 e. The average molecular weight is 284 g/mol. The fourth-order valence-corrected chi connectivity index (χ4v) is 1.74. The van der Waals surface area contributed by atoms with E-state index in [1.807, 2.05) is 13.8 Å². The number of ether oxygens (including phenoxy) is 4. The van der Waals surface area contributed by atoms with Gasteiger partial charge in [0.1, 0.15) is 6.61 Å². The Morgan fingerprint density at radius 1 is 1.10 bits per heavy atom. The van der Waals surface area contributed by atoms with E-state index in [1.54, 1.807) is 32.2 Å². The summed E-state index contributed by atoms with van der Waals surface area (Å²) >= 11 is 0. The van der Waals surface area contributed by atoms with Crippen LogP contribution in [0.25, 0.3) is 0 Å². The molecule has 1 unspecified atom stereocenters. The molecule has 5 nitrogen and oxygen atoms in total. The minimum absolute atomic E-state index is 0.284. The van der Waals surface area contributed by atoms with Crippen molar-refractivity contribution >= 4 is 0 Å². The van der Waals surface area contributed by atoms with Crippen molar-refractivity contribution in [1.29, 1.82) is 0 Å². The molecule has 0 radical (unpaired) electrons. The molecule has 1 N–H and O–H groups in total. The monoisotopic (exact) mass is 284 g/mol. The number of methoxy groups -OCH3 is 1. The van der Waals surface area contributed by atoms with E-state index in [0.717, 1.165) is 5.56 Å². The van der Waals surface area contributed by atoms with Gasteiger partial charge in [-0.1, -0.05) is 6.07 Å². The minimum atomic E-state index is -0.544. The van der Waals surface area contributed by atoms with Crippen molar-refractivity contribution in [3.63, 3.8) is 0 Å². The fraction of sp³-hybridized carbons (Fsp3) is 0.600. The van der Waals surface area contributed by atoms with Crippen LogP contribution >= 0.6 is 0 Å². The predicted octanol–water partition coefficient (Wildman–Crippen LogP) is 2.53. The lowest BCUT2D eigenvalue weighted by atomic mass is 10.1. The van der Waals surface area contributed by atoms with Crippen molar-refractivity contribution in [2.24, 2.45) is 0 Å². The Hall–Kier alpha value is -1.30. The molecule has 0 aliphatic carbocycles. The van der Waals surface area contributed by atoms with Crippen LogP contribution in [-0.2, 0) is 9.47 Å². The van der Waals surface area contributed by atoms with Crippen LogP contribution in [0.2, 0.25) is 0 Å². The maximum atomic E-state index is 9.56. The maximum Gasteiger partial charge on any atom is 0.191 e. The molecule has 0 fully saturated rings. The summed E-state index contributed by atoms with van der Waals surface area (Å²) in [6.45, 7) is 6.92. The topological polar surface area (TPSA) is 57.2 Å². The summed E-state index contributed by atoms with van der Waals surface area (Å²) in [5.41, 5.74) is 0.778. The van der Waals surface area contributed by atoms with Gasteiger partial charge in [0.2, 0.25) is 0 Å². The van der Waals surface area contributed by atoms with Gasteiger partial charge in [0.15, 0.2) is 17.8 Å². The summed E-state index contributed by atoms with van der Waals surface area (Å²) < 4.78 is 21.8. The zero-order valence-electron chi connectivity index (χ0n) is 12.6. The molecule has 0 heterocycles. The number of benzene rings is 1. The first-order valence-corrected chi connectivity index (χ1v) is 6.84. The van der Waals surface area contributed by atoms with Crippen molar-refractivity contribution in [2.45, 2.75) is 33.2 Å². The normalized spacial score (nSPS) is 12.5. The van der Waals surface area contributed by atoms with E-state index in [0.29, 0.717) is 24.7 Å². The Labute approximate surface area is 120 Å². The van der Waals surface area contributed by atoms with E-state index >= 15 is 0 Å². The average Bonchev–Trinajstić information content (AvgIpc) is 2.45. The standard InChI is InChI=1S/C15H24O5/c1-5-18-15(19-6-2)10-20-13-8-7-12(11(3)16)9-14(13)17-4/h7-9,11,15-16H,5-6,10H2,1-4H3. The Balaban J connectivity index is 2.71. The molecule has 1 aromatic rings. The van der Waals surface area contributed by atoms with Gasteiger partial charge in [0.05, 0.1) is 13.2 Å². The van der Waals surface area contributed by atoms with Crippen LogP contribution < -0.4 is 9.47 Å². The van der Waals surface area contributed by atoms with E-state index < -0.39 is 12.4 Å². The summed E-state index contributed by atoms with van der Waals surface area (Å²) in [4.78, 5) is 0. The number of hydrogen-bond donors (Lipinski definition) is 1. The lowest BCUT2D eigenvalue weighted by Crippen LogP contribution is -2.25. The van der Waals surface area contributed by atoms with Gasteiger partial charge in [0, 0.05) is 13.2 Å². The molecule has 0 aliphatic rings. The quantitative estimate of drug-likeness (QED) is 0.706. The van der Waals surface area contributed by atoms with E-state index in [1.165, 1.54) is 0 Å². The highest BCUT2D eigenvalue weighted by atomic mass is 16.7. The van der Waals surface area contributed by atoms with Crippen molar-refractivity contribution in [2.75, 3.05) is 26.9 Å². The third-order valence-electron chi connectivity index (χ3n) is 2.75. The Bertz CT molecular complexity index is 386. The zero-order chi connectivity index (χ0) is 15.0. The summed E-state index contributed by atoms with van der Waals surface area (Å²) in [5, 5.41) is 9.56. The second-order valence-corrected chi connectivity index (χ2v) is 4.24. The highest BCUT2D eigenvalue weighted by Crippen LogP contribution is 2.30. The molecule has 0 saturated heterocycles. The molecule has 0 spiro atoms. The number of aliphatic hydroxyl groups excluding tert-OH is 1. The molecular weight excluding hydrogens is 260 g/mol. The van der Waals surface area contributed by atoms with E-state index in [4.69, 9.17) is 18.9 Å². The second kappa shape index (κ2) is 8.79. The Morgan fingerprint density at radius 3 is 2.25 bits per heavy atom. The van der Waals surface area contributed by atoms with Crippen molar-refractivity contribution < 1.29 is 24.1 Å². The molecular formula is C15H24O5.